The lowest BCUT2D eigenvalue weighted by Gasteiger charge is -2.40. The van der Waals surface area contributed by atoms with Gasteiger partial charge in [-0.15, -0.1) is 0 Å². The Morgan fingerprint density at radius 2 is 1.47 bits per heavy atom. The van der Waals surface area contributed by atoms with Crippen molar-refractivity contribution in [1.29, 1.82) is 0 Å². The Morgan fingerprint density at radius 1 is 0.861 bits per heavy atom. The second-order valence-electron chi connectivity index (χ2n) is 9.63. The number of sulfonamides is 1. The van der Waals surface area contributed by atoms with Crippen molar-refractivity contribution in [3.05, 3.63) is 95.1 Å². The van der Waals surface area contributed by atoms with E-state index < -0.39 is 10.0 Å². The van der Waals surface area contributed by atoms with Crippen LogP contribution in [0, 0.1) is 0 Å². The minimum atomic E-state index is -3.45. The van der Waals surface area contributed by atoms with Crippen molar-refractivity contribution in [2.24, 2.45) is 0 Å². The largest absolute Gasteiger partial charge is 0.346 e. The number of anilines is 1. The van der Waals surface area contributed by atoms with Gasteiger partial charge in [0.2, 0.25) is 10.0 Å². The number of piperazine rings is 1. The number of fused-ring (bicyclic) bond motifs is 2. The molecule has 1 aliphatic carbocycles. The summed E-state index contributed by atoms with van der Waals surface area (Å²) in [7, 11) is -0.384. The highest BCUT2D eigenvalue weighted by molar-refractivity contribution is 7.89. The lowest BCUT2D eigenvalue weighted by atomic mass is 9.96. The molecule has 1 unspecified atom stereocenters. The molecule has 0 bridgehead atoms. The average Bonchev–Trinajstić information content (AvgIpc) is 3.06. The van der Waals surface area contributed by atoms with Gasteiger partial charge in [0, 0.05) is 52.0 Å². The molecule has 3 aromatic carbocycles. The van der Waals surface area contributed by atoms with Crippen molar-refractivity contribution in [3.8, 4) is 0 Å². The fraction of sp³-hybridized carbons (Fsp3) is 0.321. The summed E-state index contributed by atoms with van der Waals surface area (Å²) in [5, 5.41) is 3.95. The first-order valence-electron chi connectivity index (χ1n) is 12.3. The highest BCUT2D eigenvalue weighted by Crippen LogP contribution is 2.34. The lowest BCUT2D eigenvalue weighted by molar-refractivity contribution is 0.132. The Bertz CT molecular complexity index is 1350. The fourth-order valence-corrected chi connectivity index (χ4v) is 6.36. The molecule has 0 aromatic heterocycles. The summed E-state index contributed by atoms with van der Waals surface area (Å²) in [6.45, 7) is 3.56. The SMILES string of the molecule is CN(C)S(=O)(=O)c1ccc(NC(=S)N2CCN(C3Cc4ccccc4Cc4ccccc43)CC2)cc1. The number of nitrogens with one attached hydrogen (secondary N) is 1. The summed E-state index contributed by atoms with van der Waals surface area (Å²) in [5.74, 6) is 0. The molecule has 188 valence electrons. The number of hydrogen-bond donors (Lipinski definition) is 1. The van der Waals surface area contributed by atoms with E-state index in [0.29, 0.717) is 11.2 Å². The van der Waals surface area contributed by atoms with Crippen LogP contribution in [0.2, 0.25) is 0 Å². The number of hydrogen-bond acceptors (Lipinski definition) is 4. The molecule has 2 aliphatic rings. The van der Waals surface area contributed by atoms with E-state index in [2.05, 4.69) is 63.6 Å². The monoisotopic (exact) mass is 520 g/mol. The van der Waals surface area contributed by atoms with Crippen molar-refractivity contribution in [2.75, 3.05) is 45.6 Å². The van der Waals surface area contributed by atoms with Crippen LogP contribution in [-0.2, 0) is 22.9 Å². The van der Waals surface area contributed by atoms with Gasteiger partial charge in [0.1, 0.15) is 0 Å². The zero-order valence-electron chi connectivity index (χ0n) is 20.7. The van der Waals surface area contributed by atoms with Gasteiger partial charge in [-0.25, -0.2) is 12.7 Å². The van der Waals surface area contributed by atoms with Crippen LogP contribution in [0.15, 0.2) is 77.7 Å². The Labute approximate surface area is 219 Å². The fourth-order valence-electron chi connectivity index (χ4n) is 5.16. The van der Waals surface area contributed by atoms with E-state index in [9.17, 15) is 8.42 Å². The second kappa shape index (κ2) is 10.3. The van der Waals surface area contributed by atoms with Crippen molar-refractivity contribution in [3.63, 3.8) is 0 Å². The molecule has 36 heavy (non-hydrogen) atoms. The van der Waals surface area contributed by atoms with E-state index in [0.717, 1.165) is 44.7 Å². The van der Waals surface area contributed by atoms with Gasteiger partial charge in [-0.1, -0.05) is 48.5 Å². The van der Waals surface area contributed by atoms with Gasteiger partial charge in [-0.3, -0.25) is 4.90 Å². The van der Waals surface area contributed by atoms with Crippen LogP contribution in [-0.4, -0.2) is 67.9 Å². The van der Waals surface area contributed by atoms with Crippen LogP contribution < -0.4 is 5.32 Å². The van der Waals surface area contributed by atoms with Crippen LogP contribution in [0.1, 0.15) is 28.3 Å². The van der Waals surface area contributed by atoms with Crippen molar-refractivity contribution in [1.82, 2.24) is 14.1 Å². The van der Waals surface area contributed by atoms with E-state index >= 15 is 0 Å². The molecule has 1 fully saturated rings. The highest BCUT2D eigenvalue weighted by Gasteiger charge is 2.30. The summed E-state index contributed by atoms with van der Waals surface area (Å²) in [4.78, 5) is 5.07. The third-order valence-corrected chi connectivity index (χ3v) is 9.44. The van der Waals surface area contributed by atoms with Gasteiger partial charge in [-0.05, 0) is 71.6 Å². The van der Waals surface area contributed by atoms with Gasteiger partial charge >= 0.3 is 0 Å². The summed E-state index contributed by atoms with van der Waals surface area (Å²) < 4.78 is 25.8. The number of nitrogens with zero attached hydrogens (tertiary/aromatic N) is 3. The number of benzene rings is 3. The standard InChI is InChI=1S/C28H32N4O2S2/c1-30(2)36(33,34)25-13-11-24(12-14-25)29-28(35)32-17-15-31(16-18-32)27-20-22-8-4-3-7-21(22)19-23-9-5-6-10-26(23)27/h3-14,27H,15-20H2,1-2H3,(H,29,35). The quantitative estimate of drug-likeness (QED) is 0.522. The van der Waals surface area contributed by atoms with E-state index in [1.807, 2.05) is 0 Å². The van der Waals surface area contributed by atoms with Gasteiger partial charge in [0.15, 0.2) is 5.11 Å². The third-order valence-electron chi connectivity index (χ3n) is 7.25. The molecule has 0 spiro atoms. The van der Waals surface area contributed by atoms with Gasteiger partial charge in [0.05, 0.1) is 4.90 Å². The number of thiocarbonyl (C=S) groups is 1. The van der Waals surface area contributed by atoms with E-state index in [4.69, 9.17) is 12.2 Å². The topological polar surface area (TPSA) is 55.9 Å². The van der Waals surface area contributed by atoms with Crippen molar-refractivity contribution in [2.45, 2.75) is 23.8 Å². The first-order chi connectivity index (χ1) is 17.3. The lowest BCUT2D eigenvalue weighted by Crippen LogP contribution is -2.51. The summed E-state index contributed by atoms with van der Waals surface area (Å²) in [6.07, 6.45) is 2.02. The molecule has 1 atom stereocenters. The maximum Gasteiger partial charge on any atom is 0.242 e. The maximum atomic E-state index is 12.3. The van der Waals surface area contributed by atoms with Crippen molar-refractivity contribution < 1.29 is 8.42 Å². The first kappa shape index (κ1) is 24.9. The van der Waals surface area contributed by atoms with Crippen LogP contribution in [0.3, 0.4) is 0 Å². The highest BCUT2D eigenvalue weighted by atomic mass is 32.2. The van der Waals surface area contributed by atoms with E-state index in [1.54, 1.807) is 24.3 Å². The zero-order chi connectivity index (χ0) is 25.3. The summed E-state index contributed by atoms with van der Waals surface area (Å²) in [6, 6.07) is 24.8. The Kier molecular flexibility index (Phi) is 7.12. The van der Waals surface area contributed by atoms with E-state index in [1.165, 1.54) is 40.7 Å². The minimum Gasteiger partial charge on any atom is -0.346 e. The Morgan fingerprint density at radius 3 is 2.14 bits per heavy atom. The predicted octanol–water partition coefficient (Wildman–Crippen LogP) is 4.14. The molecule has 1 heterocycles. The molecular weight excluding hydrogens is 488 g/mol. The smallest absolute Gasteiger partial charge is 0.242 e. The summed E-state index contributed by atoms with van der Waals surface area (Å²) in [5.41, 5.74) is 6.52. The molecule has 0 amide bonds. The Balaban J connectivity index is 1.24. The molecule has 1 aliphatic heterocycles. The molecule has 1 saturated heterocycles. The van der Waals surface area contributed by atoms with Crippen LogP contribution in [0.4, 0.5) is 5.69 Å². The first-order valence-corrected chi connectivity index (χ1v) is 14.1. The average molecular weight is 521 g/mol. The van der Waals surface area contributed by atoms with Gasteiger partial charge < -0.3 is 10.2 Å². The van der Waals surface area contributed by atoms with E-state index in [-0.39, 0.29) is 4.90 Å². The minimum absolute atomic E-state index is 0.267. The second-order valence-corrected chi connectivity index (χ2v) is 12.2. The molecule has 0 saturated carbocycles. The summed E-state index contributed by atoms with van der Waals surface area (Å²) >= 11 is 5.71. The molecule has 5 rings (SSSR count). The third kappa shape index (κ3) is 5.04. The number of rotatable bonds is 4. The van der Waals surface area contributed by atoms with Gasteiger partial charge in [0.25, 0.3) is 0 Å². The maximum absolute atomic E-state index is 12.3. The van der Waals surface area contributed by atoms with Crippen LogP contribution >= 0.6 is 12.2 Å². The van der Waals surface area contributed by atoms with Gasteiger partial charge in [-0.2, -0.15) is 0 Å². The molecule has 0 radical (unpaired) electrons. The molecule has 8 heteroatoms. The van der Waals surface area contributed by atoms with Crippen molar-refractivity contribution >= 4 is 33.0 Å². The van der Waals surface area contributed by atoms with Crippen LogP contribution in [0.5, 0.6) is 0 Å². The molecular formula is C28H32N4O2S2. The zero-order valence-corrected chi connectivity index (χ0v) is 22.4. The van der Waals surface area contributed by atoms with Crippen LogP contribution in [0.25, 0.3) is 0 Å². The predicted molar refractivity (Wildman–Crippen MR) is 149 cm³/mol. The normalized spacial score (nSPS) is 18.3. The Hall–Kier alpha value is -2.78. The molecule has 1 N–H and O–H groups in total. The molecule has 3 aromatic rings. The molecule has 6 nitrogen and oxygen atoms in total.